The van der Waals surface area contributed by atoms with Gasteiger partial charge in [-0.1, -0.05) is 61.4 Å². The van der Waals surface area contributed by atoms with E-state index in [2.05, 4.69) is 5.32 Å². The number of unbranched alkanes of at least 4 members (excludes halogenated alkanes) is 3. The molecule has 282 valence electrons. The fourth-order valence-electron chi connectivity index (χ4n) is 5.51. The van der Waals surface area contributed by atoms with Gasteiger partial charge in [-0.2, -0.15) is 18.6 Å². The molecule has 0 radical (unpaired) electrons. The van der Waals surface area contributed by atoms with E-state index < -0.39 is 70.5 Å². The summed E-state index contributed by atoms with van der Waals surface area (Å²) in [5.41, 5.74) is 0.0578. The van der Waals surface area contributed by atoms with Crippen molar-refractivity contribution in [1.29, 1.82) is 0 Å². The van der Waals surface area contributed by atoms with Crippen LogP contribution in [0.2, 0.25) is 0 Å². The van der Waals surface area contributed by atoms with Crippen molar-refractivity contribution in [2.75, 3.05) is 19.7 Å². The van der Waals surface area contributed by atoms with E-state index in [0.717, 1.165) is 18.9 Å². The van der Waals surface area contributed by atoms with Crippen LogP contribution in [-0.4, -0.2) is 80.5 Å². The van der Waals surface area contributed by atoms with Crippen LogP contribution in [0.3, 0.4) is 0 Å². The van der Waals surface area contributed by atoms with Crippen LogP contribution in [0.15, 0.2) is 66.7 Å². The Morgan fingerprint density at radius 3 is 2.29 bits per heavy atom. The number of likely N-dealkylation sites (tertiary alicyclic amines) is 1. The van der Waals surface area contributed by atoms with E-state index >= 15 is 8.78 Å². The summed E-state index contributed by atoms with van der Waals surface area (Å²) in [6.45, 7) is 2.09. The Morgan fingerprint density at radius 2 is 1.65 bits per heavy atom. The van der Waals surface area contributed by atoms with Gasteiger partial charge in [0.25, 0.3) is 5.91 Å². The summed E-state index contributed by atoms with van der Waals surface area (Å²) in [6, 6.07) is 11.9. The molecule has 17 heteroatoms. The average molecular weight is 769 g/mol. The van der Waals surface area contributed by atoms with E-state index in [1.807, 2.05) is 0 Å². The molecular formula is C35H44F2N2O11P2+2. The molecule has 2 amide bonds. The summed E-state index contributed by atoms with van der Waals surface area (Å²) in [5, 5.41) is 9.47. The summed E-state index contributed by atoms with van der Waals surface area (Å²) in [7, 11) is -6.86. The van der Waals surface area contributed by atoms with Crippen molar-refractivity contribution in [2.24, 2.45) is 0 Å². The molecule has 3 rings (SSSR count). The fraction of sp³-hybridized carbons (Fsp3) is 0.486. The topological polar surface area (TPSA) is 197 Å². The van der Waals surface area contributed by atoms with Gasteiger partial charge in [0.05, 0.1) is 25.5 Å². The molecule has 0 spiro atoms. The summed E-state index contributed by atoms with van der Waals surface area (Å²) in [6.07, 6.45) is 3.37. The highest BCUT2D eigenvalue weighted by Crippen LogP contribution is 2.51. The van der Waals surface area contributed by atoms with Gasteiger partial charge < -0.3 is 24.8 Å². The van der Waals surface area contributed by atoms with Gasteiger partial charge in [-0.15, -0.1) is 0 Å². The Hall–Kier alpha value is -4.00. The second kappa shape index (κ2) is 20.3. The summed E-state index contributed by atoms with van der Waals surface area (Å²) in [5.74, 6) is -5.63. The number of halogens is 2. The van der Waals surface area contributed by atoms with Gasteiger partial charge in [-0.25, -0.2) is 0 Å². The quantitative estimate of drug-likeness (QED) is 0.0562. The predicted octanol–water partition coefficient (Wildman–Crippen LogP) is 5.23. The number of carbonyl (C=O) groups excluding carboxylic acids is 4. The van der Waals surface area contributed by atoms with E-state index in [1.165, 1.54) is 54.6 Å². The van der Waals surface area contributed by atoms with Crippen LogP contribution in [0.25, 0.3) is 0 Å². The number of nitrogens with one attached hydrogen (secondary N) is 1. The lowest BCUT2D eigenvalue weighted by Gasteiger charge is -2.27. The Labute approximate surface area is 302 Å². The molecule has 0 saturated carbocycles. The molecule has 13 nitrogen and oxygen atoms in total. The first kappa shape index (κ1) is 42.4. The number of rotatable bonds is 21. The molecule has 52 heavy (non-hydrogen) atoms. The second-order valence-electron chi connectivity index (χ2n) is 12.1. The number of aliphatic hydroxyl groups is 1. The Morgan fingerprint density at radius 1 is 1.00 bits per heavy atom. The van der Waals surface area contributed by atoms with Crippen molar-refractivity contribution in [3.8, 4) is 0 Å². The number of alkyl halides is 2. The van der Waals surface area contributed by atoms with Crippen LogP contribution in [0, 0.1) is 0 Å². The zero-order valence-electron chi connectivity index (χ0n) is 28.7. The lowest BCUT2D eigenvalue weighted by atomic mass is 10.0. The highest BCUT2D eigenvalue weighted by atomic mass is 31.2. The molecule has 1 fully saturated rings. The number of carbonyl (C=O) groups is 4. The van der Waals surface area contributed by atoms with E-state index in [-0.39, 0.29) is 29.4 Å². The lowest BCUT2D eigenvalue weighted by Crippen LogP contribution is -2.36. The highest BCUT2D eigenvalue weighted by molar-refractivity contribution is 7.59. The number of esters is 2. The smallest absolute Gasteiger partial charge is 0.466 e. The Kier molecular flexibility index (Phi) is 16.6. The van der Waals surface area contributed by atoms with Crippen LogP contribution in [0.5, 0.6) is 0 Å². The maximum Gasteiger partial charge on any atom is 0.600 e. The second-order valence-corrected chi connectivity index (χ2v) is 15.1. The normalized spacial score (nSPS) is 17.0. The van der Waals surface area contributed by atoms with Crippen LogP contribution < -0.4 is 5.32 Å². The van der Waals surface area contributed by atoms with E-state index in [9.17, 15) is 33.4 Å². The van der Waals surface area contributed by atoms with Crippen LogP contribution >= 0.6 is 16.1 Å². The standard InChI is InChI=1S/C35H42F2N2O11P2/c1-2-49-31(41)12-8-3-4-9-23-39-28(18-20-30(39)40)17-19-29(35(36,37)27-10-6-5-7-11-27)50-32(42)24-25-13-15-26(16-14-25)33(43)38-22-21-34(44,51(45)46)52(47)48/h5-7,10-11,13-17,19,28-29,44H,2-4,8-9,12,18,20-24H2,1H3,(H-2,38,43,45,46,47,48)/p+2/b19-17+/t28-,29+/m0/s1. The fourth-order valence-corrected chi connectivity index (χ4v) is 6.70. The molecule has 0 aromatic heterocycles. The van der Waals surface area contributed by atoms with E-state index in [0.29, 0.717) is 44.4 Å². The summed E-state index contributed by atoms with van der Waals surface area (Å²) >= 11 is 0. The molecule has 2 unspecified atom stereocenters. The van der Waals surface area contributed by atoms with Gasteiger partial charge in [0, 0.05) is 37.1 Å². The Bertz CT molecular complexity index is 1580. The highest BCUT2D eigenvalue weighted by Gasteiger charge is 2.66. The third kappa shape index (κ3) is 12.3. The molecule has 0 bridgehead atoms. The van der Waals surface area contributed by atoms with Gasteiger partial charge >= 0.3 is 39.0 Å². The van der Waals surface area contributed by atoms with Crippen molar-refractivity contribution in [1.82, 2.24) is 10.2 Å². The van der Waals surface area contributed by atoms with Crippen LogP contribution in [0.4, 0.5) is 8.78 Å². The zero-order chi connectivity index (χ0) is 38.3. The monoisotopic (exact) mass is 768 g/mol. The van der Waals surface area contributed by atoms with Gasteiger partial charge in [0.1, 0.15) is 0 Å². The number of nitrogens with zero attached hydrogens (tertiary/aromatic N) is 1. The maximum atomic E-state index is 15.8. The van der Waals surface area contributed by atoms with E-state index in [4.69, 9.17) is 19.3 Å². The van der Waals surface area contributed by atoms with Crippen molar-refractivity contribution >= 4 is 39.8 Å². The van der Waals surface area contributed by atoms with Crippen molar-refractivity contribution < 1.29 is 61.5 Å². The largest absolute Gasteiger partial charge is 0.600 e. The van der Waals surface area contributed by atoms with E-state index in [1.54, 1.807) is 17.9 Å². The molecule has 1 heterocycles. The third-order valence-corrected chi connectivity index (χ3v) is 11.1. The predicted molar refractivity (Wildman–Crippen MR) is 186 cm³/mol. The number of amides is 2. The van der Waals surface area contributed by atoms with Crippen molar-refractivity contribution in [2.45, 2.75) is 87.9 Å². The van der Waals surface area contributed by atoms with Crippen molar-refractivity contribution in [3.05, 3.63) is 83.4 Å². The number of hydrogen-bond donors (Lipinski definition) is 4. The molecule has 1 aliphatic heterocycles. The number of hydrogen-bond acceptors (Lipinski definition) is 9. The third-order valence-electron chi connectivity index (χ3n) is 8.42. The first-order valence-corrected chi connectivity index (χ1v) is 19.3. The number of ether oxygens (including phenoxy) is 2. The number of benzene rings is 2. The van der Waals surface area contributed by atoms with Gasteiger partial charge in [-0.3, -0.25) is 19.2 Å². The molecule has 1 aliphatic rings. The summed E-state index contributed by atoms with van der Waals surface area (Å²) < 4.78 is 64.5. The molecule has 4 N–H and O–H groups in total. The Balaban J connectivity index is 1.63. The lowest BCUT2D eigenvalue weighted by molar-refractivity contribution is -0.167. The first-order chi connectivity index (χ1) is 24.7. The molecule has 1 saturated heterocycles. The molecule has 2 aromatic carbocycles. The minimum atomic E-state index is -3.62. The summed E-state index contributed by atoms with van der Waals surface area (Å²) in [4.78, 5) is 69.6. The zero-order valence-corrected chi connectivity index (χ0v) is 30.5. The van der Waals surface area contributed by atoms with Gasteiger partial charge in [0.15, 0.2) is 6.10 Å². The molecule has 4 atom stereocenters. The van der Waals surface area contributed by atoms with Crippen molar-refractivity contribution in [3.63, 3.8) is 0 Å². The molecular weight excluding hydrogens is 724 g/mol. The molecule has 0 aliphatic carbocycles. The minimum absolute atomic E-state index is 0.0891. The minimum Gasteiger partial charge on any atom is -0.466 e. The first-order valence-electron chi connectivity index (χ1n) is 16.9. The SMILES string of the molecule is CCOC(=O)CCCCCCN1C(=O)CC[C@@H]1/C=C/[C@@H](OC(=O)Cc1ccc(C(=O)NCCC(O)([P+](=O)O)[P+](=O)O)cc1)C(F)(F)c1ccccc1. The van der Waals surface area contributed by atoms with Crippen LogP contribution in [-0.2, 0) is 45.3 Å². The molecule has 2 aromatic rings. The van der Waals surface area contributed by atoms with Gasteiger partial charge in [-0.05, 0) is 59.1 Å². The average Bonchev–Trinajstić information content (AvgIpc) is 3.46. The maximum absolute atomic E-state index is 15.8. The van der Waals surface area contributed by atoms with Gasteiger partial charge in [0.2, 0.25) is 5.91 Å². The van der Waals surface area contributed by atoms with Crippen LogP contribution in [0.1, 0.15) is 79.8 Å².